The number of hydrogen-bond acceptors (Lipinski definition) is 5. The van der Waals surface area contributed by atoms with Crippen molar-refractivity contribution in [3.05, 3.63) is 53.6 Å². The molecule has 0 aliphatic heterocycles. The topological polar surface area (TPSA) is 52.1 Å². The molecule has 0 amide bonds. The average Bonchev–Trinajstić information content (AvgIpc) is 2.59. The second kappa shape index (κ2) is 8.68. The van der Waals surface area contributed by atoms with Crippen LogP contribution in [0.2, 0.25) is 0 Å². The standard InChI is InChI=1S/C18H22N2O3/c1-4-23-16-7-5-6-14(10-16)12-19-20-13-15-8-9-17(21-2)18(11-15)22-3/h5-12,20H,4,13H2,1-3H3/b19-12+. The summed E-state index contributed by atoms with van der Waals surface area (Å²) in [6.45, 7) is 3.21. The Labute approximate surface area is 136 Å². The summed E-state index contributed by atoms with van der Waals surface area (Å²) in [5, 5.41) is 4.23. The molecular formula is C18H22N2O3. The van der Waals surface area contributed by atoms with Crippen LogP contribution in [-0.2, 0) is 6.54 Å². The molecule has 0 radical (unpaired) electrons. The van der Waals surface area contributed by atoms with E-state index in [1.807, 2.05) is 49.4 Å². The molecule has 122 valence electrons. The fourth-order valence-electron chi connectivity index (χ4n) is 2.10. The molecule has 0 atom stereocenters. The number of rotatable bonds is 8. The van der Waals surface area contributed by atoms with E-state index in [0.717, 1.165) is 16.9 Å². The quantitative estimate of drug-likeness (QED) is 0.600. The lowest BCUT2D eigenvalue weighted by atomic mass is 10.2. The van der Waals surface area contributed by atoms with Gasteiger partial charge in [0.25, 0.3) is 0 Å². The van der Waals surface area contributed by atoms with Crippen LogP contribution in [0.25, 0.3) is 0 Å². The molecule has 0 spiro atoms. The summed E-state index contributed by atoms with van der Waals surface area (Å²) in [5.41, 5.74) is 5.06. The fourth-order valence-corrected chi connectivity index (χ4v) is 2.10. The molecule has 0 unspecified atom stereocenters. The first-order valence-corrected chi connectivity index (χ1v) is 7.46. The summed E-state index contributed by atoms with van der Waals surface area (Å²) in [4.78, 5) is 0. The van der Waals surface area contributed by atoms with E-state index in [-0.39, 0.29) is 0 Å². The predicted octanol–water partition coefficient (Wildman–Crippen LogP) is 3.23. The van der Waals surface area contributed by atoms with Crippen molar-refractivity contribution in [2.45, 2.75) is 13.5 Å². The molecule has 5 heteroatoms. The van der Waals surface area contributed by atoms with E-state index in [4.69, 9.17) is 14.2 Å². The molecule has 0 saturated heterocycles. The third-order valence-electron chi connectivity index (χ3n) is 3.21. The van der Waals surface area contributed by atoms with Gasteiger partial charge in [0.1, 0.15) is 5.75 Å². The van der Waals surface area contributed by atoms with Crippen molar-refractivity contribution < 1.29 is 14.2 Å². The highest BCUT2D eigenvalue weighted by molar-refractivity contribution is 5.79. The molecule has 5 nitrogen and oxygen atoms in total. The van der Waals surface area contributed by atoms with Crippen molar-refractivity contribution in [2.24, 2.45) is 5.10 Å². The van der Waals surface area contributed by atoms with Crippen molar-refractivity contribution in [1.29, 1.82) is 0 Å². The molecule has 1 N–H and O–H groups in total. The summed E-state index contributed by atoms with van der Waals surface area (Å²) in [6.07, 6.45) is 1.77. The lowest BCUT2D eigenvalue weighted by Gasteiger charge is -2.09. The Hall–Kier alpha value is -2.69. The van der Waals surface area contributed by atoms with Gasteiger partial charge < -0.3 is 19.6 Å². The number of benzene rings is 2. The molecule has 2 rings (SSSR count). The van der Waals surface area contributed by atoms with Crippen LogP contribution in [0, 0.1) is 0 Å². The smallest absolute Gasteiger partial charge is 0.161 e. The maximum Gasteiger partial charge on any atom is 0.161 e. The first-order valence-electron chi connectivity index (χ1n) is 7.46. The molecular weight excluding hydrogens is 292 g/mol. The minimum Gasteiger partial charge on any atom is -0.494 e. The monoisotopic (exact) mass is 314 g/mol. The van der Waals surface area contributed by atoms with Gasteiger partial charge in [0.05, 0.1) is 33.6 Å². The highest BCUT2D eigenvalue weighted by atomic mass is 16.5. The summed E-state index contributed by atoms with van der Waals surface area (Å²) < 4.78 is 16.0. The SMILES string of the molecule is CCOc1cccc(/C=N/NCc2ccc(OC)c(OC)c2)c1. The highest BCUT2D eigenvalue weighted by Gasteiger charge is 2.03. The first kappa shape index (κ1) is 16.7. The molecule has 2 aromatic rings. The van der Waals surface area contributed by atoms with E-state index in [9.17, 15) is 0 Å². The third kappa shape index (κ3) is 4.92. The Bertz CT molecular complexity index is 656. The van der Waals surface area contributed by atoms with Crippen molar-refractivity contribution in [1.82, 2.24) is 5.43 Å². The van der Waals surface area contributed by atoms with Gasteiger partial charge in [0.15, 0.2) is 11.5 Å². The van der Waals surface area contributed by atoms with E-state index in [0.29, 0.717) is 24.7 Å². The average molecular weight is 314 g/mol. The summed E-state index contributed by atoms with van der Waals surface area (Å²) >= 11 is 0. The van der Waals surface area contributed by atoms with Gasteiger partial charge in [-0.2, -0.15) is 5.10 Å². The van der Waals surface area contributed by atoms with Gasteiger partial charge in [-0.1, -0.05) is 18.2 Å². The van der Waals surface area contributed by atoms with Crippen molar-refractivity contribution >= 4 is 6.21 Å². The molecule has 0 fully saturated rings. The fraction of sp³-hybridized carbons (Fsp3) is 0.278. The predicted molar refractivity (Wildman–Crippen MR) is 91.6 cm³/mol. The van der Waals surface area contributed by atoms with Gasteiger partial charge in [-0.3, -0.25) is 0 Å². The van der Waals surface area contributed by atoms with Crippen LogP contribution in [0.3, 0.4) is 0 Å². The number of ether oxygens (including phenoxy) is 3. The van der Waals surface area contributed by atoms with Gasteiger partial charge in [-0.05, 0) is 42.3 Å². The molecule has 0 aromatic heterocycles. The van der Waals surface area contributed by atoms with Crippen LogP contribution < -0.4 is 19.6 Å². The molecule has 2 aromatic carbocycles. The van der Waals surface area contributed by atoms with Crippen LogP contribution in [-0.4, -0.2) is 27.0 Å². The zero-order chi connectivity index (χ0) is 16.5. The molecule has 0 aliphatic rings. The van der Waals surface area contributed by atoms with Gasteiger partial charge in [-0.25, -0.2) is 0 Å². The normalized spacial score (nSPS) is 10.6. The zero-order valence-electron chi connectivity index (χ0n) is 13.7. The van der Waals surface area contributed by atoms with Crippen molar-refractivity contribution in [3.8, 4) is 17.2 Å². The Morgan fingerprint density at radius 3 is 2.61 bits per heavy atom. The first-order chi connectivity index (χ1) is 11.3. The zero-order valence-corrected chi connectivity index (χ0v) is 13.7. The number of methoxy groups -OCH3 is 2. The van der Waals surface area contributed by atoms with E-state index in [2.05, 4.69) is 10.5 Å². The van der Waals surface area contributed by atoms with Gasteiger partial charge >= 0.3 is 0 Å². The number of hydrazone groups is 1. The maximum absolute atomic E-state index is 5.46. The highest BCUT2D eigenvalue weighted by Crippen LogP contribution is 2.27. The summed E-state index contributed by atoms with van der Waals surface area (Å²) in [5.74, 6) is 2.27. The van der Waals surface area contributed by atoms with Crippen LogP contribution in [0.4, 0.5) is 0 Å². The lowest BCUT2D eigenvalue weighted by molar-refractivity contribution is 0.340. The Balaban J connectivity index is 1.92. The van der Waals surface area contributed by atoms with Crippen LogP contribution >= 0.6 is 0 Å². The molecule has 0 bridgehead atoms. The van der Waals surface area contributed by atoms with E-state index in [1.165, 1.54) is 0 Å². The largest absolute Gasteiger partial charge is 0.494 e. The number of hydrogen-bond donors (Lipinski definition) is 1. The van der Waals surface area contributed by atoms with Crippen molar-refractivity contribution in [2.75, 3.05) is 20.8 Å². The maximum atomic E-state index is 5.46. The lowest BCUT2D eigenvalue weighted by Crippen LogP contribution is -2.06. The third-order valence-corrected chi connectivity index (χ3v) is 3.21. The summed E-state index contributed by atoms with van der Waals surface area (Å²) in [6, 6.07) is 13.6. The van der Waals surface area contributed by atoms with Crippen LogP contribution in [0.15, 0.2) is 47.6 Å². The number of nitrogens with one attached hydrogen (secondary N) is 1. The Morgan fingerprint density at radius 2 is 1.87 bits per heavy atom. The molecule has 0 heterocycles. The molecule has 23 heavy (non-hydrogen) atoms. The minimum atomic E-state index is 0.599. The second-order valence-electron chi connectivity index (χ2n) is 4.79. The van der Waals surface area contributed by atoms with E-state index >= 15 is 0 Å². The number of nitrogens with zero attached hydrogens (tertiary/aromatic N) is 1. The second-order valence-corrected chi connectivity index (χ2v) is 4.79. The van der Waals surface area contributed by atoms with Crippen molar-refractivity contribution in [3.63, 3.8) is 0 Å². The Morgan fingerprint density at radius 1 is 1.04 bits per heavy atom. The minimum absolute atomic E-state index is 0.599. The van der Waals surface area contributed by atoms with Crippen LogP contribution in [0.5, 0.6) is 17.2 Å². The van der Waals surface area contributed by atoms with Gasteiger partial charge in [0.2, 0.25) is 0 Å². The van der Waals surface area contributed by atoms with Gasteiger partial charge in [0, 0.05) is 0 Å². The van der Waals surface area contributed by atoms with E-state index in [1.54, 1.807) is 20.4 Å². The Kier molecular flexibility index (Phi) is 6.29. The molecule has 0 saturated carbocycles. The van der Waals surface area contributed by atoms with Crippen LogP contribution in [0.1, 0.15) is 18.1 Å². The summed E-state index contributed by atoms with van der Waals surface area (Å²) in [7, 11) is 3.25. The molecule has 0 aliphatic carbocycles. The van der Waals surface area contributed by atoms with Gasteiger partial charge in [-0.15, -0.1) is 0 Å². The van der Waals surface area contributed by atoms with E-state index < -0.39 is 0 Å².